The minimum absolute atomic E-state index is 0.428. The summed E-state index contributed by atoms with van der Waals surface area (Å²) in [5.74, 6) is 1.56. The lowest BCUT2D eigenvalue weighted by molar-refractivity contribution is 0.0514. The van der Waals surface area contributed by atoms with Crippen LogP contribution in [0.3, 0.4) is 0 Å². The summed E-state index contributed by atoms with van der Waals surface area (Å²) in [7, 11) is 1.57. The van der Waals surface area contributed by atoms with Gasteiger partial charge >= 0.3 is 0 Å². The Bertz CT molecular complexity index is 336. The van der Waals surface area contributed by atoms with Gasteiger partial charge in [-0.1, -0.05) is 13.8 Å². The molecule has 0 aromatic carbocycles. The van der Waals surface area contributed by atoms with Crippen molar-refractivity contribution in [3.05, 3.63) is 12.4 Å². The lowest BCUT2D eigenvalue weighted by Crippen LogP contribution is -2.35. The third kappa shape index (κ3) is 4.99. The molecule has 1 unspecified atom stereocenters. The molecule has 5 heteroatoms. The molecule has 0 fully saturated rings. The molecular weight excluding hydrogens is 218 g/mol. The number of anilines is 1. The molecule has 17 heavy (non-hydrogen) atoms. The normalized spacial score (nSPS) is 14.5. The van der Waals surface area contributed by atoms with E-state index in [-0.39, 0.29) is 0 Å². The van der Waals surface area contributed by atoms with Gasteiger partial charge < -0.3 is 15.2 Å². The number of ether oxygens (including phenoxy) is 1. The second kappa shape index (κ2) is 5.82. The lowest BCUT2D eigenvalue weighted by atomic mass is 9.94. The van der Waals surface area contributed by atoms with Gasteiger partial charge in [-0.3, -0.25) is 0 Å². The summed E-state index contributed by atoms with van der Waals surface area (Å²) in [6, 6.07) is 0. The topological polar surface area (TPSA) is 67.3 Å². The van der Waals surface area contributed by atoms with Crippen LogP contribution in [0.25, 0.3) is 0 Å². The number of hydrogen-bond acceptors (Lipinski definition) is 5. The first-order valence-electron chi connectivity index (χ1n) is 5.75. The van der Waals surface area contributed by atoms with Crippen molar-refractivity contribution < 1.29 is 9.84 Å². The first-order chi connectivity index (χ1) is 7.93. The molecule has 0 saturated heterocycles. The quantitative estimate of drug-likeness (QED) is 0.790. The number of methoxy groups -OCH3 is 1. The summed E-state index contributed by atoms with van der Waals surface area (Å²) in [4.78, 5) is 8.15. The molecule has 5 nitrogen and oxygen atoms in total. The van der Waals surface area contributed by atoms with Crippen molar-refractivity contribution in [2.75, 3.05) is 19.0 Å². The van der Waals surface area contributed by atoms with Crippen LogP contribution in [-0.2, 0) is 0 Å². The van der Waals surface area contributed by atoms with Crippen LogP contribution in [0.1, 0.15) is 27.2 Å². The van der Waals surface area contributed by atoms with Gasteiger partial charge in [0.2, 0.25) is 5.95 Å². The van der Waals surface area contributed by atoms with Crippen molar-refractivity contribution in [2.24, 2.45) is 5.92 Å². The summed E-state index contributed by atoms with van der Waals surface area (Å²) in [5.41, 5.74) is -0.753. The van der Waals surface area contributed by atoms with Crippen LogP contribution in [-0.4, -0.2) is 34.3 Å². The number of aromatic nitrogens is 2. The molecule has 1 aromatic rings. The first kappa shape index (κ1) is 13.7. The van der Waals surface area contributed by atoms with E-state index in [9.17, 15) is 5.11 Å². The second-order valence-corrected chi connectivity index (χ2v) is 4.89. The van der Waals surface area contributed by atoms with Gasteiger partial charge in [-0.05, 0) is 19.3 Å². The molecule has 2 N–H and O–H groups in total. The zero-order chi connectivity index (χ0) is 12.9. The summed E-state index contributed by atoms with van der Waals surface area (Å²) >= 11 is 0. The van der Waals surface area contributed by atoms with Gasteiger partial charge in [0, 0.05) is 6.54 Å². The molecule has 0 aliphatic carbocycles. The predicted molar refractivity (Wildman–Crippen MR) is 67.2 cm³/mol. The minimum atomic E-state index is -0.753. The van der Waals surface area contributed by atoms with Crippen molar-refractivity contribution in [3.8, 4) is 5.75 Å². The van der Waals surface area contributed by atoms with Crippen LogP contribution in [0.5, 0.6) is 5.75 Å². The Hall–Kier alpha value is -1.36. The van der Waals surface area contributed by atoms with Crippen LogP contribution in [0.2, 0.25) is 0 Å². The molecule has 0 aliphatic rings. The van der Waals surface area contributed by atoms with E-state index in [0.29, 0.717) is 24.2 Å². The van der Waals surface area contributed by atoms with Crippen LogP contribution in [0, 0.1) is 5.92 Å². The molecule has 0 aliphatic heterocycles. The Morgan fingerprint density at radius 1 is 1.41 bits per heavy atom. The molecule has 1 atom stereocenters. The zero-order valence-corrected chi connectivity index (χ0v) is 10.9. The Labute approximate surface area is 102 Å². The van der Waals surface area contributed by atoms with Crippen molar-refractivity contribution in [1.82, 2.24) is 9.97 Å². The Balaban J connectivity index is 2.48. The average molecular weight is 239 g/mol. The SMILES string of the molecule is COc1cnc(NCC(C)(O)CC(C)C)nc1. The highest BCUT2D eigenvalue weighted by atomic mass is 16.5. The Morgan fingerprint density at radius 3 is 2.47 bits per heavy atom. The highest BCUT2D eigenvalue weighted by molar-refractivity contribution is 5.27. The highest BCUT2D eigenvalue weighted by Crippen LogP contribution is 2.16. The van der Waals surface area contributed by atoms with E-state index < -0.39 is 5.60 Å². The first-order valence-corrected chi connectivity index (χ1v) is 5.75. The molecule has 0 amide bonds. The maximum atomic E-state index is 10.1. The molecule has 0 saturated carbocycles. The van der Waals surface area contributed by atoms with Gasteiger partial charge in [-0.2, -0.15) is 0 Å². The number of nitrogens with one attached hydrogen (secondary N) is 1. The van der Waals surface area contributed by atoms with E-state index in [0.717, 1.165) is 6.42 Å². The fraction of sp³-hybridized carbons (Fsp3) is 0.667. The fourth-order valence-electron chi connectivity index (χ4n) is 1.73. The summed E-state index contributed by atoms with van der Waals surface area (Å²) in [6.45, 7) is 6.40. The smallest absolute Gasteiger partial charge is 0.222 e. The standard InChI is InChI=1S/C12H21N3O2/c1-9(2)5-12(3,16)8-15-11-13-6-10(17-4)7-14-11/h6-7,9,16H,5,8H2,1-4H3,(H,13,14,15). The number of hydrogen-bond donors (Lipinski definition) is 2. The second-order valence-electron chi connectivity index (χ2n) is 4.89. The van der Waals surface area contributed by atoms with Gasteiger partial charge in [-0.15, -0.1) is 0 Å². The van der Waals surface area contributed by atoms with Gasteiger partial charge in [-0.25, -0.2) is 9.97 Å². The third-order valence-corrected chi connectivity index (χ3v) is 2.34. The fourth-order valence-corrected chi connectivity index (χ4v) is 1.73. The van der Waals surface area contributed by atoms with Gasteiger partial charge in [0.25, 0.3) is 0 Å². The van der Waals surface area contributed by atoms with E-state index in [2.05, 4.69) is 29.1 Å². The van der Waals surface area contributed by atoms with Gasteiger partial charge in [0.15, 0.2) is 5.75 Å². The van der Waals surface area contributed by atoms with Crippen LogP contribution < -0.4 is 10.1 Å². The minimum Gasteiger partial charge on any atom is -0.494 e. The molecular formula is C12H21N3O2. The van der Waals surface area contributed by atoms with Crippen LogP contribution in [0.4, 0.5) is 5.95 Å². The van der Waals surface area contributed by atoms with Gasteiger partial charge in [0.1, 0.15) is 0 Å². The van der Waals surface area contributed by atoms with Crippen molar-refractivity contribution >= 4 is 5.95 Å². The number of rotatable bonds is 6. The van der Waals surface area contributed by atoms with E-state index in [4.69, 9.17) is 4.74 Å². The summed E-state index contributed by atoms with van der Waals surface area (Å²) < 4.78 is 4.97. The molecule has 1 aromatic heterocycles. The third-order valence-electron chi connectivity index (χ3n) is 2.34. The molecule has 0 spiro atoms. The average Bonchev–Trinajstić information content (AvgIpc) is 2.25. The van der Waals surface area contributed by atoms with Crippen LogP contribution >= 0.6 is 0 Å². The monoisotopic (exact) mass is 239 g/mol. The van der Waals surface area contributed by atoms with E-state index in [1.807, 2.05) is 6.92 Å². The lowest BCUT2D eigenvalue weighted by Gasteiger charge is -2.25. The number of aliphatic hydroxyl groups is 1. The van der Waals surface area contributed by atoms with Gasteiger partial charge in [0.05, 0.1) is 25.1 Å². The zero-order valence-electron chi connectivity index (χ0n) is 10.9. The summed E-state index contributed by atoms with van der Waals surface area (Å²) in [5, 5.41) is 13.1. The van der Waals surface area contributed by atoms with E-state index >= 15 is 0 Å². The van der Waals surface area contributed by atoms with Crippen LogP contribution in [0.15, 0.2) is 12.4 Å². The molecule has 1 rings (SSSR count). The highest BCUT2D eigenvalue weighted by Gasteiger charge is 2.21. The summed E-state index contributed by atoms with van der Waals surface area (Å²) in [6.07, 6.45) is 3.91. The van der Waals surface area contributed by atoms with Crippen molar-refractivity contribution in [3.63, 3.8) is 0 Å². The van der Waals surface area contributed by atoms with Crippen molar-refractivity contribution in [2.45, 2.75) is 32.8 Å². The molecule has 0 bridgehead atoms. The largest absolute Gasteiger partial charge is 0.494 e. The molecule has 96 valence electrons. The van der Waals surface area contributed by atoms with E-state index in [1.165, 1.54) is 0 Å². The predicted octanol–water partition coefficient (Wildman–Crippen LogP) is 1.69. The molecule has 1 heterocycles. The maximum absolute atomic E-state index is 10.1. The van der Waals surface area contributed by atoms with E-state index in [1.54, 1.807) is 19.5 Å². The molecule has 0 radical (unpaired) electrons. The Morgan fingerprint density at radius 2 is 2.00 bits per heavy atom. The van der Waals surface area contributed by atoms with Crippen molar-refractivity contribution in [1.29, 1.82) is 0 Å². The Kier molecular flexibility index (Phi) is 4.69. The maximum Gasteiger partial charge on any atom is 0.222 e. The number of nitrogens with zero attached hydrogens (tertiary/aromatic N) is 2.